The van der Waals surface area contributed by atoms with Crippen LogP contribution in [0.25, 0.3) is 0 Å². The Morgan fingerprint density at radius 3 is 2.40 bits per heavy atom. The number of aryl methyl sites for hydroxylation is 1. The van der Waals surface area contributed by atoms with Gasteiger partial charge >= 0.3 is 0 Å². The molecule has 2 bridgehead atoms. The Morgan fingerprint density at radius 1 is 0.938 bits per heavy atom. The molecule has 0 radical (unpaired) electrons. The standard InChI is InChI=1S/C35H49N5O8/c1-23(2)32-35(45)37-18-8-12-25-14-15-28(47-4)29(21-25)48-22-31(42)36-17-9-13-26(38-30(41)16-19-46-3)33(43)39-27(34(44)40-32)20-24-10-6-5-7-11-24/h5-7,10-11,14-15,21,23,26-27,32H,8-9,12-13,16-20,22H2,1-4H3,(H,36,42)(H,37,45)(H,38,41)(H,39,43)(H,40,44)/t26-,27-,32+/m0/s1. The summed E-state index contributed by atoms with van der Waals surface area (Å²) in [5.41, 5.74) is 1.74. The molecule has 0 aromatic heterocycles. The summed E-state index contributed by atoms with van der Waals surface area (Å²) in [5, 5.41) is 14.1. The van der Waals surface area contributed by atoms with Crippen molar-refractivity contribution >= 4 is 29.5 Å². The Balaban J connectivity index is 1.87. The van der Waals surface area contributed by atoms with Crippen LogP contribution in [0.5, 0.6) is 11.5 Å². The second kappa shape index (κ2) is 19.9. The fraction of sp³-hybridized carbons (Fsp3) is 0.514. The molecule has 2 aromatic rings. The van der Waals surface area contributed by atoms with E-state index in [0.717, 1.165) is 11.1 Å². The quantitative estimate of drug-likeness (QED) is 0.281. The molecule has 1 aliphatic rings. The van der Waals surface area contributed by atoms with E-state index in [9.17, 15) is 24.0 Å². The lowest BCUT2D eigenvalue weighted by Crippen LogP contribution is -2.58. The summed E-state index contributed by atoms with van der Waals surface area (Å²) in [5.74, 6) is -1.52. The Morgan fingerprint density at radius 2 is 1.69 bits per heavy atom. The zero-order valence-corrected chi connectivity index (χ0v) is 28.3. The number of carbonyl (C=O) groups excluding carboxylic acids is 5. The molecule has 1 aliphatic heterocycles. The maximum absolute atomic E-state index is 13.8. The normalized spacial score (nSPS) is 20.5. The monoisotopic (exact) mass is 667 g/mol. The van der Waals surface area contributed by atoms with Crippen molar-refractivity contribution in [1.82, 2.24) is 26.6 Å². The molecule has 0 spiro atoms. The summed E-state index contributed by atoms with van der Waals surface area (Å²) in [6.07, 6.45) is 1.96. The van der Waals surface area contributed by atoms with Crippen molar-refractivity contribution in [3.8, 4) is 11.5 Å². The van der Waals surface area contributed by atoms with Crippen LogP contribution < -0.4 is 36.1 Å². The lowest BCUT2D eigenvalue weighted by Gasteiger charge is -2.27. The fourth-order valence-electron chi connectivity index (χ4n) is 5.18. The molecule has 2 aromatic carbocycles. The van der Waals surface area contributed by atoms with Crippen LogP contribution in [0.2, 0.25) is 0 Å². The van der Waals surface area contributed by atoms with Crippen LogP contribution in [0.3, 0.4) is 0 Å². The average molecular weight is 668 g/mol. The molecule has 5 N–H and O–H groups in total. The highest BCUT2D eigenvalue weighted by atomic mass is 16.5. The van der Waals surface area contributed by atoms with Crippen molar-refractivity contribution in [2.24, 2.45) is 5.92 Å². The molecule has 3 atom stereocenters. The second-order valence-corrected chi connectivity index (χ2v) is 12.0. The summed E-state index contributed by atoms with van der Waals surface area (Å²) in [6, 6.07) is 11.8. The van der Waals surface area contributed by atoms with Crippen molar-refractivity contribution in [3.05, 3.63) is 59.7 Å². The minimum Gasteiger partial charge on any atom is -0.493 e. The smallest absolute Gasteiger partial charge is 0.257 e. The molecule has 1 heterocycles. The Kier molecular flexibility index (Phi) is 15.7. The average Bonchev–Trinajstić information content (AvgIpc) is 3.07. The lowest BCUT2D eigenvalue weighted by molar-refractivity contribution is -0.134. The van der Waals surface area contributed by atoms with Crippen molar-refractivity contribution in [2.45, 2.75) is 70.5 Å². The molecule has 0 fully saturated rings. The van der Waals surface area contributed by atoms with Gasteiger partial charge in [-0.05, 0) is 54.9 Å². The third kappa shape index (κ3) is 12.5. The zero-order chi connectivity index (χ0) is 34.9. The molecule has 5 amide bonds. The maximum atomic E-state index is 13.8. The number of ether oxygens (including phenoxy) is 3. The molecule has 262 valence electrons. The van der Waals surface area contributed by atoms with Crippen LogP contribution in [-0.4, -0.2) is 88.2 Å². The van der Waals surface area contributed by atoms with Gasteiger partial charge in [-0.25, -0.2) is 0 Å². The van der Waals surface area contributed by atoms with Crippen LogP contribution in [0.15, 0.2) is 48.5 Å². The maximum Gasteiger partial charge on any atom is 0.257 e. The predicted octanol–water partition coefficient (Wildman–Crippen LogP) is 1.42. The van der Waals surface area contributed by atoms with Gasteiger partial charge in [0.25, 0.3) is 5.91 Å². The van der Waals surface area contributed by atoms with E-state index in [1.165, 1.54) is 14.2 Å². The van der Waals surface area contributed by atoms with Crippen LogP contribution in [-0.2, 0) is 41.6 Å². The number of fused-ring (bicyclic) bond motifs is 2. The third-order valence-electron chi connectivity index (χ3n) is 7.87. The largest absolute Gasteiger partial charge is 0.493 e. The van der Waals surface area contributed by atoms with Gasteiger partial charge in [-0.2, -0.15) is 0 Å². The van der Waals surface area contributed by atoms with Gasteiger partial charge in [0.1, 0.15) is 18.1 Å². The Bertz CT molecular complexity index is 1370. The number of methoxy groups -OCH3 is 2. The lowest BCUT2D eigenvalue weighted by atomic mass is 10.00. The van der Waals surface area contributed by atoms with Gasteiger partial charge in [0.15, 0.2) is 18.1 Å². The van der Waals surface area contributed by atoms with E-state index < -0.39 is 35.8 Å². The van der Waals surface area contributed by atoms with Crippen LogP contribution in [0.4, 0.5) is 0 Å². The molecular formula is C35H49N5O8. The van der Waals surface area contributed by atoms with Crippen molar-refractivity contribution in [1.29, 1.82) is 0 Å². The molecule has 3 rings (SSSR count). The van der Waals surface area contributed by atoms with E-state index in [1.807, 2.05) is 50.2 Å². The number of hydrogen-bond donors (Lipinski definition) is 5. The molecule has 0 saturated heterocycles. The number of carbonyl (C=O) groups is 5. The minimum absolute atomic E-state index is 0.0398. The highest BCUT2D eigenvalue weighted by Crippen LogP contribution is 2.28. The van der Waals surface area contributed by atoms with Crippen LogP contribution in [0, 0.1) is 5.92 Å². The van der Waals surface area contributed by atoms with E-state index in [2.05, 4.69) is 26.6 Å². The first-order valence-corrected chi connectivity index (χ1v) is 16.4. The molecule has 48 heavy (non-hydrogen) atoms. The first-order chi connectivity index (χ1) is 23.1. The highest BCUT2D eigenvalue weighted by Gasteiger charge is 2.31. The number of hydrogen-bond acceptors (Lipinski definition) is 8. The zero-order valence-electron chi connectivity index (χ0n) is 28.3. The second-order valence-electron chi connectivity index (χ2n) is 12.0. The topological polar surface area (TPSA) is 173 Å². The summed E-state index contributed by atoms with van der Waals surface area (Å²) < 4.78 is 16.2. The summed E-state index contributed by atoms with van der Waals surface area (Å²) in [6.45, 7) is 4.17. The van der Waals surface area contributed by atoms with Crippen molar-refractivity contribution in [3.63, 3.8) is 0 Å². The molecule has 0 saturated carbocycles. The van der Waals surface area contributed by atoms with Crippen molar-refractivity contribution in [2.75, 3.05) is 40.5 Å². The SMILES string of the molecule is COCCC(=O)N[C@H]1CCCNC(=O)COc2cc(ccc2OC)CCCNC(=O)[C@@H](C(C)C)NC(=O)[C@H](Cc2ccccc2)NC1=O. The molecule has 13 nitrogen and oxygen atoms in total. The molecule has 13 heteroatoms. The molecule has 0 unspecified atom stereocenters. The molecular weight excluding hydrogens is 618 g/mol. The summed E-state index contributed by atoms with van der Waals surface area (Å²) in [7, 11) is 2.99. The predicted molar refractivity (Wildman–Crippen MR) is 179 cm³/mol. The van der Waals surface area contributed by atoms with Gasteiger partial charge in [0.05, 0.1) is 13.7 Å². The van der Waals surface area contributed by atoms with Gasteiger partial charge < -0.3 is 40.8 Å². The minimum atomic E-state index is -1.04. The van der Waals surface area contributed by atoms with Gasteiger partial charge in [0.2, 0.25) is 23.6 Å². The van der Waals surface area contributed by atoms with Gasteiger partial charge in [-0.15, -0.1) is 0 Å². The summed E-state index contributed by atoms with van der Waals surface area (Å²) in [4.78, 5) is 65.9. The van der Waals surface area contributed by atoms with Crippen LogP contribution in [0.1, 0.15) is 50.7 Å². The first kappa shape index (κ1) is 37.8. The number of rotatable bonds is 8. The van der Waals surface area contributed by atoms with E-state index in [1.54, 1.807) is 12.1 Å². The van der Waals surface area contributed by atoms with E-state index in [0.29, 0.717) is 37.3 Å². The highest BCUT2D eigenvalue weighted by molar-refractivity contribution is 5.94. The van der Waals surface area contributed by atoms with Gasteiger partial charge in [-0.3, -0.25) is 24.0 Å². The van der Waals surface area contributed by atoms with E-state index in [4.69, 9.17) is 14.2 Å². The summed E-state index contributed by atoms with van der Waals surface area (Å²) >= 11 is 0. The van der Waals surface area contributed by atoms with E-state index in [-0.39, 0.29) is 56.8 Å². The third-order valence-corrected chi connectivity index (χ3v) is 7.87. The Hall–Kier alpha value is -4.65. The van der Waals surface area contributed by atoms with E-state index >= 15 is 0 Å². The number of amides is 5. The fourth-order valence-corrected chi connectivity index (χ4v) is 5.18. The number of benzene rings is 2. The molecule has 0 aliphatic carbocycles. The van der Waals surface area contributed by atoms with Gasteiger partial charge in [0, 0.05) is 33.0 Å². The first-order valence-electron chi connectivity index (χ1n) is 16.4. The van der Waals surface area contributed by atoms with Crippen LogP contribution >= 0.6 is 0 Å². The number of nitrogens with one attached hydrogen (secondary N) is 5. The van der Waals surface area contributed by atoms with Crippen molar-refractivity contribution < 1.29 is 38.2 Å². The Labute approximate surface area is 282 Å². The van der Waals surface area contributed by atoms with Gasteiger partial charge in [-0.1, -0.05) is 50.2 Å².